The van der Waals surface area contributed by atoms with Crippen molar-refractivity contribution < 1.29 is 19.1 Å². The lowest BCUT2D eigenvalue weighted by Crippen LogP contribution is -2.14. The Morgan fingerprint density at radius 1 is 1.07 bits per heavy atom. The molecule has 2 rings (SSSR count). The van der Waals surface area contributed by atoms with Gasteiger partial charge in [0.15, 0.2) is 0 Å². The molecule has 0 aliphatic heterocycles. The molecule has 0 unspecified atom stereocenters. The molecule has 0 aliphatic carbocycles. The average molecular weight is 408 g/mol. The third kappa shape index (κ3) is 5.02. The lowest BCUT2D eigenvalue weighted by atomic mass is 10.1. The first kappa shape index (κ1) is 20.8. The summed E-state index contributed by atoms with van der Waals surface area (Å²) >= 11 is 11.9. The van der Waals surface area contributed by atoms with E-state index in [4.69, 9.17) is 32.7 Å². The molecule has 1 N–H and O–H groups in total. The third-order valence-corrected chi connectivity index (χ3v) is 4.66. The number of methoxy groups -OCH3 is 2. The summed E-state index contributed by atoms with van der Waals surface area (Å²) in [6.07, 6.45) is 1.42. The van der Waals surface area contributed by atoms with Crippen LogP contribution in [0.25, 0.3) is 5.57 Å². The van der Waals surface area contributed by atoms with Gasteiger partial charge in [0.05, 0.1) is 35.5 Å². The number of nitrogens with one attached hydrogen (secondary N) is 1. The van der Waals surface area contributed by atoms with Crippen molar-refractivity contribution in [3.63, 3.8) is 0 Å². The van der Waals surface area contributed by atoms with Crippen molar-refractivity contribution in [2.24, 2.45) is 0 Å². The van der Waals surface area contributed by atoms with Crippen molar-refractivity contribution in [1.82, 2.24) is 0 Å². The molecule has 0 saturated carbocycles. The summed E-state index contributed by atoms with van der Waals surface area (Å²) < 4.78 is 10.0. The van der Waals surface area contributed by atoms with Crippen LogP contribution in [0, 0.1) is 6.92 Å². The van der Waals surface area contributed by atoms with Crippen LogP contribution in [-0.4, -0.2) is 26.1 Å². The van der Waals surface area contributed by atoms with Gasteiger partial charge in [-0.05, 0) is 54.8 Å². The molecule has 0 aliphatic rings. The van der Waals surface area contributed by atoms with Crippen LogP contribution in [0.5, 0.6) is 5.75 Å². The zero-order valence-electron chi connectivity index (χ0n) is 15.4. The van der Waals surface area contributed by atoms with Gasteiger partial charge in [0.1, 0.15) is 5.75 Å². The highest BCUT2D eigenvalue weighted by Crippen LogP contribution is 2.28. The smallest absolute Gasteiger partial charge is 0.340 e. The molecule has 0 bridgehead atoms. The Hall–Kier alpha value is -2.50. The summed E-state index contributed by atoms with van der Waals surface area (Å²) in [5.74, 6) is -0.446. The Morgan fingerprint density at radius 3 is 2.37 bits per heavy atom. The zero-order chi connectivity index (χ0) is 20.1. The number of amides is 1. The fraction of sp³-hybridized carbons (Fsp3) is 0.200. The van der Waals surface area contributed by atoms with Crippen molar-refractivity contribution in [2.75, 3.05) is 19.5 Å². The fourth-order valence-electron chi connectivity index (χ4n) is 2.48. The second-order valence-corrected chi connectivity index (χ2v) is 6.62. The quantitative estimate of drug-likeness (QED) is 0.550. The molecule has 1 amide bonds. The van der Waals surface area contributed by atoms with Gasteiger partial charge in [0, 0.05) is 6.08 Å². The van der Waals surface area contributed by atoms with E-state index in [0.717, 1.165) is 11.1 Å². The predicted molar refractivity (Wildman–Crippen MR) is 108 cm³/mol. The Bertz CT molecular complexity index is 922. The first-order valence-corrected chi connectivity index (χ1v) is 8.74. The van der Waals surface area contributed by atoms with Crippen LogP contribution in [0.15, 0.2) is 36.4 Å². The molecule has 7 heteroatoms. The van der Waals surface area contributed by atoms with E-state index in [0.29, 0.717) is 27.1 Å². The second kappa shape index (κ2) is 8.93. The van der Waals surface area contributed by atoms with E-state index in [1.54, 1.807) is 31.2 Å². The number of hydrogen-bond acceptors (Lipinski definition) is 4. The molecule has 27 heavy (non-hydrogen) atoms. The number of benzene rings is 2. The van der Waals surface area contributed by atoms with Gasteiger partial charge in [0.2, 0.25) is 5.91 Å². The first-order valence-electron chi connectivity index (χ1n) is 7.98. The number of carbonyl (C=O) groups is 2. The summed E-state index contributed by atoms with van der Waals surface area (Å²) in [7, 11) is 2.78. The minimum atomic E-state index is -0.575. The van der Waals surface area contributed by atoms with Crippen LogP contribution in [0.2, 0.25) is 10.0 Å². The van der Waals surface area contributed by atoms with Gasteiger partial charge in [-0.2, -0.15) is 0 Å². The molecule has 142 valence electrons. The Kier molecular flexibility index (Phi) is 6.88. The van der Waals surface area contributed by atoms with Crippen molar-refractivity contribution in [1.29, 1.82) is 0 Å². The van der Waals surface area contributed by atoms with E-state index in [1.807, 2.05) is 6.92 Å². The Balaban J connectivity index is 2.32. The largest absolute Gasteiger partial charge is 0.496 e. The standard InChI is InChI=1S/C20H19Cl2NO4/c1-11(13-5-6-15(21)16(22)9-13)8-19(24)23-17-7-12(2)18(26-3)10-14(17)20(25)27-4/h5-10H,1-4H3,(H,23,24). The lowest BCUT2D eigenvalue weighted by Gasteiger charge is -2.13. The van der Waals surface area contributed by atoms with E-state index in [2.05, 4.69) is 5.32 Å². The molecule has 0 radical (unpaired) electrons. The highest BCUT2D eigenvalue weighted by atomic mass is 35.5. The van der Waals surface area contributed by atoms with Crippen molar-refractivity contribution in [3.8, 4) is 5.75 Å². The summed E-state index contributed by atoms with van der Waals surface area (Å²) in [5.41, 5.74) is 2.76. The molecule has 2 aromatic rings. The topological polar surface area (TPSA) is 64.6 Å². The number of esters is 1. The van der Waals surface area contributed by atoms with E-state index in [9.17, 15) is 9.59 Å². The van der Waals surface area contributed by atoms with Crippen LogP contribution >= 0.6 is 23.2 Å². The van der Waals surface area contributed by atoms with Gasteiger partial charge in [0.25, 0.3) is 0 Å². The van der Waals surface area contributed by atoms with Gasteiger partial charge in [-0.1, -0.05) is 29.3 Å². The van der Waals surface area contributed by atoms with Gasteiger partial charge < -0.3 is 14.8 Å². The number of anilines is 1. The summed E-state index contributed by atoms with van der Waals surface area (Å²) in [4.78, 5) is 24.5. The molecule has 2 aromatic carbocycles. The first-order chi connectivity index (χ1) is 12.8. The predicted octanol–water partition coefficient (Wildman–Crippen LogP) is 5.14. The molecule has 0 heterocycles. The molecule has 0 aromatic heterocycles. The van der Waals surface area contributed by atoms with Crippen LogP contribution in [0.1, 0.15) is 28.4 Å². The zero-order valence-corrected chi connectivity index (χ0v) is 16.9. The Labute approximate surface area is 167 Å². The molecule has 0 atom stereocenters. The summed E-state index contributed by atoms with van der Waals surface area (Å²) in [6, 6.07) is 8.31. The minimum Gasteiger partial charge on any atom is -0.496 e. The highest BCUT2D eigenvalue weighted by molar-refractivity contribution is 6.42. The number of hydrogen-bond donors (Lipinski definition) is 1. The molecule has 0 saturated heterocycles. The molecule has 0 fully saturated rings. The lowest BCUT2D eigenvalue weighted by molar-refractivity contribution is -0.111. The average Bonchev–Trinajstić information content (AvgIpc) is 2.63. The summed E-state index contributed by atoms with van der Waals surface area (Å²) in [5, 5.41) is 3.56. The van der Waals surface area contributed by atoms with E-state index >= 15 is 0 Å². The van der Waals surface area contributed by atoms with Crippen LogP contribution in [0.4, 0.5) is 5.69 Å². The fourth-order valence-corrected chi connectivity index (χ4v) is 2.78. The van der Waals surface area contributed by atoms with Crippen molar-refractivity contribution in [2.45, 2.75) is 13.8 Å². The number of ether oxygens (including phenoxy) is 2. The molecule has 5 nitrogen and oxygen atoms in total. The third-order valence-electron chi connectivity index (χ3n) is 3.92. The van der Waals surface area contributed by atoms with Gasteiger partial charge in [-0.25, -0.2) is 4.79 Å². The maximum Gasteiger partial charge on any atom is 0.340 e. The van der Waals surface area contributed by atoms with Gasteiger partial charge >= 0.3 is 5.97 Å². The minimum absolute atomic E-state index is 0.203. The number of halogens is 2. The number of allylic oxidation sites excluding steroid dienone is 1. The molecular formula is C20H19Cl2NO4. The molecular weight excluding hydrogens is 389 g/mol. The Morgan fingerprint density at radius 2 is 1.78 bits per heavy atom. The van der Waals surface area contributed by atoms with Crippen LogP contribution in [0.3, 0.4) is 0 Å². The van der Waals surface area contributed by atoms with Crippen LogP contribution in [-0.2, 0) is 9.53 Å². The SMILES string of the molecule is COC(=O)c1cc(OC)c(C)cc1NC(=O)C=C(C)c1ccc(Cl)c(Cl)c1. The number of carbonyl (C=O) groups excluding carboxylic acids is 2. The van der Waals surface area contributed by atoms with Crippen molar-refractivity contribution in [3.05, 3.63) is 63.1 Å². The molecule has 0 spiro atoms. The normalized spacial score (nSPS) is 11.1. The van der Waals surface area contributed by atoms with E-state index < -0.39 is 11.9 Å². The van der Waals surface area contributed by atoms with Crippen molar-refractivity contribution >= 4 is 46.3 Å². The van der Waals surface area contributed by atoms with E-state index in [-0.39, 0.29) is 5.56 Å². The van der Waals surface area contributed by atoms with E-state index in [1.165, 1.54) is 26.4 Å². The number of rotatable bonds is 5. The van der Waals surface area contributed by atoms with Gasteiger partial charge in [-0.15, -0.1) is 0 Å². The van der Waals surface area contributed by atoms with Crippen LogP contribution < -0.4 is 10.1 Å². The summed E-state index contributed by atoms with van der Waals surface area (Å²) in [6.45, 7) is 3.59. The monoisotopic (exact) mass is 407 g/mol. The van der Waals surface area contributed by atoms with Gasteiger partial charge in [-0.3, -0.25) is 4.79 Å². The maximum atomic E-state index is 12.4. The number of aryl methyl sites for hydroxylation is 1. The highest BCUT2D eigenvalue weighted by Gasteiger charge is 2.17. The maximum absolute atomic E-state index is 12.4. The second-order valence-electron chi connectivity index (χ2n) is 5.80.